The summed E-state index contributed by atoms with van der Waals surface area (Å²) in [6, 6.07) is 10.4. The number of hydrogen-bond acceptors (Lipinski definition) is 3. The first kappa shape index (κ1) is 22.3. The van der Waals surface area contributed by atoms with E-state index in [9.17, 15) is 22.8 Å². The Balaban J connectivity index is 2.09. The van der Waals surface area contributed by atoms with E-state index in [1.54, 1.807) is 18.2 Å². The lowest BCUT2D eigenvalue weighted by Gasteiger charge is -2.22. The highest BCUT2D eigenvalue weighted by atomic mass is 19.4. The van der Waals surface area contributed by atoms with Gasteiger partial charge in [-0.25, -0.2) is 0 Å². The fourth-order valence-electron chi connectivity index (χ4n) is 2.81. The molecule has 29 heavy (non-hydrogen) atoms. The Bertz CT molecular complexity index is 866. The van der Waals surface area contributed by atoms with E-state index in [0.717, 1.165) is 12.1 Å². The number of nitrogens with two attached hydrogens (primary N) is 1. The van der Waals surface area contributed by atoms with Crippen molar-refractivity contribution in [3.8, 4) is 5.75 Å². The third kappa shape index (κ3) is 6.81. The zero-order chi connectivity index (χ0) is 21.6. The molecule has 156 valence electrons. The molecule has 0 spiro atoms. The summed E-state index contributed by atoms with van der Waals surface area (Å²) in [7, 11) is 0. The maximum absolute atomic E-state index is 13.0. The highest BCUT2D eigenvalue weighted by Crippen LogP contribution is 2.32. The number of amides is 2. The number of carbonyl (C=O) groups is 2. The molecule has 3 N–H and O–H groups in total. The Morgan fingerprint density at radius 2 is 1.79 bits per heavy atom. The van der Waals surface area contributed by atoms with Gasteiger partial charge in [0.1, 0.15) is 5.75 Å². The molecule has 2 amide bonds. The number of hydrogen-bond donors (Lipinski definition) is 2. The van der Waals surface area contributed by atoms with Gasteiger partial charge in [-0.3, -0.25) is 9.59 Å². The lowest BCUT2D eigenvalue weighted by Crippen LogP contribution is -2.33. The average molecular weight is 408 g/mol. The summed E-state index contributed by atoms with van der Waals surface area (Å²) in [5.41, 5.74) is 5.05. The van der Waals surface area contributed by atoms with Crippen LogP contribution in [0.25, 0.3) is 0 Å². The zero-order valence-electron chi connectivity index (χ0n) is 16.1. The van der Waals surface area contributed by atoms with Crippen molar-refractivity contribution in [1.82, 2.24) is 5.32 Å². The predicted octanol–water partition coefficient (Wildman–Crippen LogP) is 4.09. The maximum atomic E-state index is 13.0. The lowest BCUT2D eigenvalue weighted by atomic mass is 9.95. The topological polar surface area (TPSA) is 81.4 Å². The largest absolute Gasteiger partial charge is 0.484 e. The molecule has 0 saturated heterocycles. The van der Waals surface area contributed by atoms with Gasteiger partial charge in [0, 0.05) is 5.56 Å². The predicted molar refractivity (Wildman–Crippen MR) is 102 cm³/mol. The van der Waals surface area contributed by atoms with Crippen molar-refractivity contribution in [2.45, 2.75) is 32.5 Å². The van der Waals surface area contributed by atoms with E-state index in [2.05, 4.69) is 5.32 Å². The van der Waals surface area contributed by atoms with Gasteiger partial charge in [0.15, 0.2) is 6.61 Å². The summed E-state index contributed by atoms with van der Waals surface area (Å²) < 4.78 is 44.4. The van der Waals surface area contributed by atoms with E-state index in [1.807, 2.05) is 13.8 Å². The Hall–Kier alpha value is -3.03. The van der Waals surface area contributed by atoms with Crippen LogP contribution >= 0.6 is 0 Å². The lowest BCUT2D eigenvalue weighted by molar-refractivity contribution is -0.137. The van der Waals surface area contributed by atoms with Gasteiger partial charge >= 0.3 is 6.18 Å². The van der Waals surface area contributed by atoms with Crippen molar-refractivity contribution in [3.05, 3.63) is 65.2 Å². The van der Waals surface area contributed by atoms with E-state index >= 15 is 0 Å². The first-order chi connectivity index (χ1) is 13.6. The van der Waals surface area contributed by atoms with E-state index in [0.29, 0.717) is 12.0 Å². The molecule has 2 rings (SSSR count). The van der Waals surface area contributed by atoms with Crippen LogP contribution in [0.3, 0.4) is 0 Å². The first-order valence-corrected chi connectivity index (χ1v) is 9.05. The van der Waals surface area contributed by atoms with Crippen LogP contribution in [0, 0.1) is 5.92 Å². The number of nitrogens with one attached hydrogen (secondary N) is 1. The SMILES string of the molecule is CC(C)C[C@H](NC(=O)COc1cccc(C(N)=O)c1)c1cccc(C(F)(F)F)c1. The fraction of sp³-hybridized carbons (Fsp3) is 0.333. The van der Waals surface area contributed by atoms with E-state index in [4.69, 9.17) is 10.5 Å². The minimum Gasteiger partial charge on any atom is -0.484 e. The van der Waals surface area contributed by atoms with Crippen LogP contribution in [-0.4, -0.2) is 18.4 Å². The molecule has 0 radical (unpaired) electrons. The third-order valence-corrected chi connectivity index (χ3v) is 4.15. The monoisotopic (exact) mass is 408 g/mol. The minimum absolute atomic E-state index is 0.142. The second-order valence-corrected chi connectivity index (χ2v) is 7.05. The summed E-state index contributed by atoms with van der Waals surface area (Å²) in [5.74, 6) is -0.682. The van der Waals surface area contributed by atoms with Gasteiger partial charge in [0.25, 0.3) is 5.91 Å². The van der Waals surface area contributed by atoms with E-state index < -0.39 is 29.6 Å². The van der Waals surface area contributed by atoms with E-state index in [1.165, 1.54) is 18.2 Å². The Kier molecular flexibility index (Phi) is 7.25. The molecule has 8 heteroatoms. The van der Waals surface area contributed by atoms with Crippen LogP contribution in [0.4, 0.5) is 13.2 Å². The molecular formula is C21H23F3N2O3. The second kappa shape index (κ2) is 9.45. The molecule has 0 aliphatic carbocycles. The smallest absolute Gasteiger partial charge is 0.416 e. The molecule has 0 bridgehead atoms. The van der Waals surface area contributed by atoms with Crippen LogP contribution in [0.15, 0.2) is 48.5 Å². The second-order valence-electron chi connectivity index (χ2n) is 7.05. The maximum Gasteiger partial charge on any atom is 0.416 e. The summed E-state index contributed by atoms with van der Waals surface area (Å²) in [6.45, 7) is 3.48. The molecule has 0 unspecified atom stereocenters. The summed E-state index contributed by atoms with van der Waals surface area (Å²) in [6.07, 6.45) is -4.00. The van der Waals surface area contributed by atoms with Crippen molar-refractivity contribution in [1.29, 1.82) is 0 Å². The van der Waals surface area contributed by atoms with Gasteiger partial charge in [-0.2, -0.15) is 13.2 Å². The van der Waals surface area contributed by atoms with Gasteiger partial charge in [-0.15, -0.1) is 0 Å². The molecule has 0 aliphatic heterocycles. The Morgan fingerprint density at radius 3 is 2.41 bits per heavy atom. The van der Waals surface area contributed by atoms with Crippen molar-refractivity contribution in [2.24, 2.45) is 11.7 Å². The standard InChI is InChI=1S/C21H23F3N2O3/c1-13(2)9-18(14-5-3-7-16(10-14)21(22,23)24)26-19(27)12-29-17-8-4-6-15(11-17)20(25)28/h3-8,10-11,13,18H,9,12H2,1-2H3,(H2,25,28)(H,26,27)/t18-/m0/s1. The van der Waals surface area contributed by atoms with Crippen LogP contribution in [0.2, 0.25) is 0 Å². The number of carbonyl (C=O) groups excluding carboxylic acids is 2. The quantitative estimate of drug-likeness (QED) is 0.690. The van der Waals surface area contributed by atoms with Crippen molar-refractivity contribution in [2.75, 3.05) is 6.61 Å². The summed E-state index contributed by atoms with van der Waals surface area (Å²) in [4.78, 5) is 23.5. The van der Waals surface area contributed by atoms with Gasteiger partial charge in [-0.05, 0) is 48.2 Å². The van der Waals surface area contributed by atoms with Gasteiger partial charge in [0.2, 0.25) is 5.91 Å². The molecule has 2 aromatic rings. The van der Waals surface area contributed by atoms with Crippen LogP contribution in [0.5, 0.6) is 5.75 Å². The average Bonchev–Trinajstić information content (AvgIpc) is 2.65. The zero-order valence-corrected chi connectivity index (χ0v) is 16.1. The first-order valence-electron chi connectivity index (χ1n) is 9.05. The molecule has 0 aliphatic rings. The highest BCUT2D eigenvalue weighted by Gasteiger charge is 2.31. The summed E-state index contributed by atoms with van der Waals surface area (Å²) >= 11 is 0. The van der Waals surface area contributed by atoms with Gasteiger partial charge in [-0.1, -0.05) is 32.0 Å². The normalized spacial score (nSPS) is 12.5. The van der Waals surface area contributed by atoms with Crippen LogP contribution in [0.1, 0.15) is 47.8 Å². The molecule has 0 fully saturated rings. The molecule has 0 aromatic heterocycles. The van der Waals surface area contributed by atoms with Gasteiger partial charge in [0.05, 0.1) is 11.6 Å². The molecule has 0 saturated carbocycles. The number of rotatable bonds is 8. The molecule has 1 atom stereocenters. The molecular weight excluding hydrogens is 385 g/mol. The van der Waals surface area contributed by atoms with Crippen molar-refractivity contribution in [3.63, 3.8) is 0 Å². The molecule has 5 nitrogen and oxygen atoms in total. The van der Waals surface area contributed by atoms with Gasteiger partial charge < -0.3 is 15.8 Å². The molecule has 2 aromatic carbocycles. The Morgan fingerprint density at radius 1 is 1.10 bits per heavy atom. The van der Waals surface area contributed by atoms with Crippen LogP contribution < -0.4 is 15.8 Å². The highest BCUT2D eigenvalue weighted by molar-refractivity contribution is 5.93. The minimum atomic E-state index is -4.46. The van der Waals surface area contributed by atoms with Crippen molar-refractivity contribution < 1.29 is 27.5 Å². The number of alkyl halides is 3. The number of benzene rings is 2. The summed E-state index contributed by atoms with van der Waals surface area (Å²) in [5, 5.41) is 2.73. The number of ether oxygens (including phenoxy) is 1. The van der Waals surface area contributed by atoms with Crippen molar-refractivity contribution >= 4 is 11.8 Å². The Labute approximate surface area is 167 Å². The fourth-order valence-corrected chi connectivity index (χ4v) is 2.81. The third-order valence-electron chi connectivity index (χ3n) is 4.15. The number of primary amides is 1. The molecule has 0 heterocycles. The van der Waals surface area contributed by atoms with E-state index in [-0.39, 0.29) is 23.8 Å². The number of halogens is 3. The van der Waals surface area contributed by atoms with Crippen LogP contribution in [-0.2, 0) is 11.0 Å².